The Labute approximate surface area is 254 Å². The average Bonchev–Trinajstić information content (AvgIpc) is 3.70. The molecule has 1 aliphatic heterocycles. The minimum absolute atomic E-state index is 0.161. The van der Waals surface area contributed by atoms with Crippen LogP contribution in [0.4, 0.5) is 14.5 Å². The van der Waals surface area contributed by atoms with Crippen molar-refractivity contribution in [1.82, 2.24) is 15.1 Å². The molecule has 0 bridgehead atoms. The number of rotatable bonds is 9. The Bertz CT molecular complexity index is 1440. The van der Waals surface area contributed by atoms with Crippen LogP contribution < -0.4 is 15.9 Å². The Morgan fingerprint density at radius 3 is 2.36 bits per heavy atom. The smallest absolute Gasteiger partial charge is 0.248 e. The van der Waals surface area contributed by atoms with E-state index in [4.69, 9.17) is 14.3 Å². The molecule has 2 N–H and O–H groups in total. The first-order valence-corrected chi connectivity index (χ1v) is 17.4. The van der Waals surface area contributed by atoms with Crippen LogP contribution in [0.5, 0.6) is 0 Å². The molecule has 2 saturated carbocycles. The van der Waals surface area contributed by atoms with Gasteiger partial charge in [0.1, 0.15) is 7.14 Å². The number of carbonyl (C=O) groups excluding carboxylic acids is 2. The van der Waals surface area contributed by atoms with E-state index in [-0.39, 0.29) is 55.6 Å². The van der Waals surface area contributed by atoms with Gasteiger partial charge in [-0.1, -0.05) is 35.9 Å². The SMILES string of the molecule is [2H]C([2H])(c1cc(Cl)ccc1NCc1ccc(P(C)(C)=O)cc1)N1CCN(C(=O)CNC(=O)C2CC23CCC(F)(F)CC3)CC1. The molecule has 2 aromatic rings. The lowest BCUT2D eigenvalue weighted by atomic mass is 9.82. The maximum Gasteiger partial charge on any atom is 0.248 e. The lowest BCUT2D eigenvalue weighted by Crippen LogP contribution is -2.51. The highest BCUT2D eigenvalue weighted by atomic mass is 35.5. The number of piperazine rings is 1. The van der Waals surface area contributed by atoms with E-state index in [0.29, 0.717) is 55.2 Å². The van der Waals surface area contributed by atoms with E-state index in [2.05, 4.69) is 10.6 Å². The zero-order valence-corrected chi connectivity index (χ0v) is 25.7. The summed E-state index contributed by atoms with van der Waals surface area (Å²) < 4.78 is 57.5. The van der Waals surface area contributed by atoms with Crippen molar-refractivity contribution < 1.29 is 25.7 Å². The van der Waals surface area contributed by atoms with Crippen molar-refractivity contribution in [1.29, 1.82) is 0 Å². The summed E-state index contributed by atoms with van der Waals surface area (Å²) in [5.74, 6) is -3.44. The fraction of sp³-hybridized carbons (Fsp3) is 0.548. The van der Waals surface area contributed by atoms with Gasteiger partial charge < -0.3 is 20.1 Å². The maximum atomic E-state index is 13.5. The predicted octanol–water partition coefficient (Wildman–Crippen LogP) is 5.18. The number of anilines is 1. The largest absolute Gasteiger partial charge is 0.381 e. The molecular formula is C31H40ClF2N4O3P. The minimum atomic E-state index is -2.64. The fourth-order valence-corrected chi connectivity index (χ4v) is 6.99. The van der Waals surface area contributed by atoms with Gasteiger partial charge in [0.25, 0.3) is 0 Å². The van der Waals surface area contributed by atoms with E-state index >= 15 is 0 Å². The van der Waals surface area contributed by atoms with Gasteiger partial charge in [-0.15, -0.1) is 0 Å². The number of nitrogens with zero attached hydrogens (tertiary/aromatic N) is 2. The second-order valence-corrected chi connectivity index (χ2v) is 15.9. The molecule has 2 amide bonds. The summed E-state index contributed by atoms with van der Waals surface area (Å²) in [5.41, 5.74) is 1.61. The van der Waals surface area contributed by atoms with Gasteiger partial charge in [-0.3, -0.25) is 14.5 Å². The van der Waals surface area contributed by atoms with Crippen LogP contribution >= 0.6 is 18.7 Å². The second kappa shape index (κ2) is 12.3. The number of amides is 2. The number of hydrogen-bond acceptors (Lipinski definition) is 5. The Kier molecular flexibility index (Phi) is 8.26. The molecule has 3 aliphatic rings. The van der Waals surface area contributed by atoms with Crippen molar-refractivity contribution in [2.75, 3.05) is 51.4 Å². The van der Waals surface area contributed by atoms with Crippen LogP contribution in [0.2, 0.25) is 5.02 Å². The first-order valence-electron chi connectivity index (χ1n) is 15.5. The molecule has 42 heavy (non-hydrogen) atoms. The normalized spacial score (nSPS) is 22.7. The third-order valence-corrected chi connectivity index (χ3v) is 10.6. The van der Waals surface area contributed by atoms with E-state index < -0.39 is 19.6 Å². The highest BCUT2D eigenvalue weighted by Crippen LogP contribution is 2.63. The summed E-state index contributed by atoms with van der Waals surface area (Å²) >= 11 is 6.29. The predicted molar refractivity (Wildman–Crippen MR) is 163 cm³/mol. The molecule has 1 saturated heterocycles. The number of carbonyl (C=O) groups is 2. The highest BCUT2D eigenvalue weighted by molar-refractivity contribution is 7.70. The van der Waals surface area contributed by atoms with Crippen molar-refractivity contribution in [3.8, 4) is 0 Å². The summed E-state index contributed by atoms with van der Waals surface area (Å²) in [6.45, 7) is 3.02. The van der Waals surface area contributed by atoms with Crippen LogP contribution in [-0.2, 0) is 27.2 Å². The van der Waals surface area contributed by atoms with Gasteiger partial charge in [-0.25, -0.2) is 8.78 Å². The van der Waals surface area contributed by atoms with E-state index in [9.17, 15) is 22.9 Å². The lowest BCUT2D eigenvalue weighted by molar-refractivity contribution is -0.135. The van der Waals surface area contributed by atoms with Crippen LogP contribution in [0.1, 0.15) is 46.0 Å². The molecule has 7 nitrogen and oxygen atoms in total. The van der Waals surface area contributed by atoms with Gasteiger partial charge >= 0.3 is 0 Å². The van der Waals surface area contributed by atoms with Crippen LogP contribution in [0.25, 0.3) is 0 Å². The molecule has 5 rings (SSSR count). The van der Waals surface area contributed by atoms with Crippen LogP contribution in [-0.4, -0.2) is 73.6 Å². The topological polar surface area (TPSA) is 81.8 Å². The lowest BCUT2D eigenvalue weighted by Gasteiger charge is -2.35. The van der Waals surface area contributed by atoms with Crippen LogP contribution in [0, 0.1) is 11.3 Å². The molecule has 0 radical (unpaired) electrons. The van der Waals surface area contributed by atoms with E-state index in [1.165, 1.54) is 0 Å². The molecule has 11 heteroatoms. The molecular weight excluding hydrogens is 581 g/mol. The Morgan fingerprint density at radius 1 is 1.05 bits per heavy atom. The number of alkyl halides is 2. The van der Waals surface area contributed by atoms with Crippen molar-refractivity contribution in [3.05, 3.63) is 58.6 Å². The molecule has 228 valence electrons. The Hall–Kier alpha value is -2.48. The Morgan fingerprint density at radius 2 is 1.71 bits per heavy atom. The zero-order chi connectivity index (χ0) is 31.9. The summed E-state index contributed by atoms with van der Waals surface area (Å²) in [4.78, 5) is 28.8. The Balaban J connectivity index is 1.13. The molecule has 2 aromatic carbocycles. The summed E-state index contributed by atoms with van der Waals surface area (Å²) in [5, 5.41) is 7.24. The van der Waals surface area contributed by atoms with Gasteiger partial charge in [0, 0.05) is 76.7 Å². The summed E-state index contributed by atoms with van der Waals surface area (Å²) in [7, 11) is -2.35. The number of hydrogen-bond donors (Lipinski definition) is 2. The van der Waals surface area contributed by atoms with Gasteiger partial charge in [-0.05, 0) is 67.3 Å². The molecule has 1 heterocycles. The van der Waals surface area contributed by atoms with Gasteiger partial charge in [0.15, 0.2) is 0 Å². The fourth-order valence-electron chi connectivity index (χ4n) is 5.95. The minimum Gasteiger partial charge on any atom is -0.381 e. The van der Waals surface area contributed by atoms with E-state index in [1.54, 1.807) is 41.3 Å². The molecule has 0 aromatic heterocycles. The molecule has 3 fully saturated rings. The van der Waals surface area contributed by atoms with Crippen molar-refractivity contribution >= 4 is 41.5 Å². The first-order chi connectivity index (χ1) is 20.6. The third-order valence-electron chi connectivity index (χ3n) is 8.83. The maximum absolute atomic E-state index is 13.5. The average molecular weight is 623 g/mol. The summed E-state index contributed by atoms with van der Waals surface area (Å²) in [6.07, 6.45) is 0.919. The molecule has 1 unspecified atom stereocenters. The highest BCUT2D eigenvalue weighted by Gasteiger charge is 2.60. The van der Waals surface area contributed by atoms with E-state index in [0.717, 1.165) is 10.9 Å². The number of halogens is 3. The van der Waals surface area contributed by atoms with Crippen molar-refractivity contribution in [2.24, 2.45) is 11.3 Å². The number of benzene rings is 2. The second-order valence-electron chi connectivity index (χ2n) is 12.2. The first kappa shape index (κ1) is 28.3. The molecule has 2 aliphatic carbocycles. The quantitative estimate of drug-likeness (QED) is 0.377. The van der Waals surface area contributed by atoms with Crippen molar-refractivity contribution in [2.45, 2.75) is 51.1 Å². The standard InChI is InChI=1S/C31H40ClF2N4O3P/c1-42(2,41)25-6-3-22(4-7-25)19-35-27-8-5-24(32)17-23(27)21-37-13-15-38(16-14-37)28(39)20-36-29(40)26-18-30(26)9-11-31(33,34)12-10-30/h3-8,17,26,35H,9-16,18-21H2,1-2H3,(H,36,40)/i21D2. The molecule has 1 atom stereocenters. The number of nitrogens with one attached hydrogen (secondary N) is 2. The van der Waals surface area contributed by atoms with Crippen LogP contribution in [0.3, 0.4) is 0 Å². The van der Waals surface area contributed by atoms with Crippen LogP contribution in [0.15, 0.2) is 42.5 Å². The van der Waals surface area contributed by atoms with Crippen molar-refractivity contribution in [3.63, 3.8) is 0 Å². The monoisotopic (exact) mass is 622 g/mol. The van der Waals surface area contributed by atoms with E-state index in [1.807, 2.05) is 24.3 Å². The zero-order valence-electron chi connectivity index (χ0n) is 26.1. The van der Waals surface area contributed by atoms with Gasteiger partial charge in [0.05, 0.1) is 6.54 Å². The van der Waals surface area contributed by atoms with Gasteiger partial charge in [0.2, 0.25) is 17.7 Å². The summed E-state index contributed by atoms with van der Waals surface area (Å²) in [6, 6.07) is 12.6. The third kappa shape index (κ3) is 7.53. The van der Waals surface area contributed by atoms with Gasteiger partial charge in [-0.2, -0.15) is 0 Å². The molecule has 1 spiro atoms.